The van der Waals surface area contributed by atoms with Gasteiger partial charge in [-0.2, -0.15) is 0 Å². The zero-order chi connectivity index (χ0) is 13.8. The van der Waals surface area contributed by atoms with Crippen LogP contribution in [0.4, 0.5) is 5.69 Å². The molecule has 1 fully saturated rings. The van der Waals surface area contributed by atoms with Crippen molar-refractivity contribution in [3.63, 3.8) is 0 Å². The molecule has 0 radical (unpaired) electrons. The SMILES string of the molecule is CCOc1ccc(N2CCC(N)C2=O)cc1OCC. The van der Waals surface area contributed by atoms with Gasteiger partial charge in [-0.25, -0.2) is 0 Å². The van der Waals surface area contributed by atoms with Crippen molar-refractivity contribution in [2.75, 3.05) is 24.7 Å². The van der Waals surface area contributed by atoms with Crippen molar-refractivity contribution in [1.82, 2.24) is 0 Å². The smallest absolute Gasteiger partial charge is 0.243 e. The first-order chi connectivity index (χ1) is 9.17. The van der Waals surface area contributed by atoms with E-state index in [0.717, 1.165) is 5.69 Å². The summed E-state index contributed by atoms with van der Waals surface area (Å²) in [7, 11) is 0. The van der Waals surface area contributed by atoms with Crippen LogP contribution in [0.25, 0.3) is 0 Å². The van der Waals surface area contributed by atoms with Crippen LogP contribution in [0.15, 0.2) is 18.2 Å². The quantitative estimate of drug-likeness (QED) is 0.876. The van der Waals surface area contributed by atoms with Crippen molar-refractivity contribution in [3.05, 3.63) is 18.2 Å². The Balaban J connectivity index is 2.27. The molecule has 1 unspecified atom stereocenters. The zero-order valence-electron chi connectivity index (χ0n) is 11.4. The summed E-state index contributed by atoms with van der Waals surface area (Å²) in [4.78, 5) is 13.6. The van der Waals surface area contributed by atoms with E-state index in [1.807, 2.05) is 32.0 Å². The molecule has 1 aromatic rings. The van der Waals surface area contributed by atoms with E-state index >= 15 is 0 Å². The minimum atomic E-state index is -0.387. The molecule has 1 saturated heterocycles. The van der Waals surface area contributed by atoms with Crippen LogP contribution in [0.5, 0.6) is 11.5 Å². The predicted octanol–water partition coefficient (Wildman–Crippen LogP) is 1.55. The summed E-state index contributed by atoms with van der Waals surface area (Å²) in [5, 5.41) is 0. The molecule has 1 amide bonds. The lowest BCUT2D eigenvalue weighted by Crippen LogP contribution is -2.33. The van der Waals surface area contributed by atoms with Crippen molar-refractivity contribution >= 4 is 11.6 Å². The van der Waals surface area contributed by atoms with Gasteiger partial charge in [0.05, 0.1) is 19.3 Å². The molecule has 0 aromatic heterocycles. The summed E-state index contributed by atoms with van der Waals surface area (Å²) in [6.07, 6.45) is 0.690. The Morgan fingerprint density at radius 1 is 1.26 bits per heavy atom. The molecule has 104 valence electrons. The monoisotopic (exact) mass is 264 g/mol. The molecule has 1 aliphatic heterocycles. The molecule has 1 heterocycles. The first-order valence-corrected chi connectivity index (χ1v) is 6.64. The number of ether oxygens (including phenoxy) is 2. The van der Waals surface area contributed by atoms with Gasteiger partial charge in [0, 0.05) is 18.3 Å². The second-order valence-corrected chi connectivity index (χ2v) is 4.38. The Hall–Kier alpha value is -1.75. The highest BCUT2D eigenvalue weighted by atomic mass is 16.5. The number of nitrogens with two attached hydrogens (primary N) is 1. The van der Waals surface area contributed by atoms with Crippen LogP contribution in [0.1, 0.15) is 20.3 Å². The number of benzene rings is 1. The van der Waals surface area contributed by atoms with Crippen LogP contribution >= 0.6 is 0 Å². The molecule has 1 atom stereocenters. The predicted molar refractivity (Wildman–Crippen MR) is 73.7 cm³/mol. The lowest BCUT2D eigenvalue weighted by molar-refractivity contribution is -0.118. The summed E-state index contributed by atoms with van der Waals surface area (Å²) in [6, 6.07) is 5.15. The minimum Gasteiger partial charge on any atom is -0.490 e. The van der Waals surface area contributed by atoms with Crippen LogP contribution in [-0.2, 0) is 4.79 Å². The molecule has 1 aromatic carbocycles. The maximum absolute atomic E-state index is 11.9. The van der Waals surface area contributed by atoms with Crippen molar-refractivity contribution in [2.24, 2.45) is 5.73 Å². The van der Waals surface area contributed by atoms with Crippen LogP contribution in [-0.4, -0.2) is 31.7 Å². The Kier molecular flexibility index (Phi) is 4.27. The van der Waals surface area contributed by atoms with E-state index < -0.39 is 0 Å². The summed E-state index contributed by atoms with van der Waals surface area (Å²) in [6.45, 7) is 5.62. The lowest BCUT2D eigenvalue weighted by Gasteiger charge is -2.19. The van der Waals surface area contributed by atoms with Gasteiger partial charge in [0.25, 0.3) is 0 Å². The second-order valence-electron chi connectivity index (χ2n) is 4.38. The molecule has 5 nitrogen and oxygen atoms in total. The van der Waals surface area contributed by atoms with Crippen LogP contribution in [0.2, 0.25) is 0 Å². The summed E-state index contributed by atoms with van der Waals surface area (Å²) >= 11 is 0. The van der Waals surface area contributed by atoms with E-state index in [9.17, 15) is 4.79 Å². The topological polar surface area (TPSA) is 64.8 Å². The molecule has 19 heavy (non-hydrogen) atoms. The van der Waals surface area contributed by atoms with E-state index in [4.69, 9.17) is 15.2 Å². The van der Waals surface area contributed by atoms with E-state index in [1.165, 1.54) is 0 Å². The van der Waals surface area contributed by atoms with Gasteiger partial charge in [0.15, 0.2) is 11.5 Å². The van der Waals surface area contributed by atoms with Gasteiger partial charge in [0.1, 0.15) is 0 Å². The van der Waals surface area contributed by atoms with Gasteiger partial charge in [0.2, 0.25) is 5.91 Å². The number of carbonyl (C=O) groups excluding carboxylic acids is 1. The third kappa shape index (κ3) is 2.81. The van der Waals surface area contributed by atoms with Gasteiger partial charge in [-0.1, -0.05) is 0 Å². The van der Waals surface area contributed by atoms with Crippen LogP contribution in [0, 0.1) is 0 Å². The summed E-state index contributed by atoms with van der Waals surface area (Å²) < 4.78 is 11.1. The van der Waals surface area contributed by atoms with E-state index in [0.29, 0.717) is 37.7 Å². The summed E-state index contributed by atoms with van der Waals surface area (Å²) in [5.74, 6) is 1.32. The maximum Gasteiger partial charge on any atom is 0.243 e. The van der Waals surface area contributed by atoms with E-state index in [-0.39, 0.29) is 11.9 Å². The highest BCUT2D eigenvalue weighted by molar-refractivity contribution is 5.99. The highest BCUT2D eigenvalue weighted by Crippen LogP contribution is 2.33. The number of amides is 1. The minimum absolute atomic E-state index is 0.0355. The van der Waals surface area contributed by atoms with Gasteiger partial charge in [-0.15, -0.1) is 0 Å². The van der Waals surface area contributed by atoms with Crippen LogP contribution in [0.3, 0.4) is 0 Å². The van der Waals surface area contributed by atoms with Crippen molar-refractivity contribution in [3.8, 4) is 11.5 Å². The van der Waals surface area contributed by atoms with Gasteiger partial charge in [-0.3, -0.25) is 4.79 Å². The zero-order valence-corrected chi connectivity index (χ0v) is 11.4. The Morgan fingerprint density at radius 3 is 2.53 bits per heavy atom. The first-order valence-electron chi connectivity index (χ1n) is 6.64. The average molecular weight is 264 g/mol. The Bertz CT molecular complexity index is 462. The molecule has 2 N–H and O–H groups in total. The van der Waals surface area contributed by atoms with E-state index in [2.05, 4.69) is 0 Å². The third-order valence-electron chi connectivity index (χ3n) is 3.09. The highest BCUT2D eigenvalue weighted by Gasteiger charge is 2.30. The molecule has 2 rings (SSSR count). The number of rotatable bonds is 5. The lowest BCUT2D eigenvalue weighted by atomic mass is 10.2. The largest absolute Gasteiger partial charge is 0.490 e. The average Bonchev–Trinajstić information content (AvgIpc) is 2.73. The van der Waals surface area contributed by atoms with Crippen molar-refractivity contribution in [1.29, 1.82) is 0 Å². The fourth-order valence-electron chi connectivity index (χ4n) is 2.17. The van der Waals surface area contributed by atoms with Gasteiger partial charge < -0.3 is 20.1 Å². The normalized spacial score (nSPS) is 18.8. The molecule has 1 aliphatic rings. The number of carbonyl (C=O) groups is 1. The molecular formula is C14H20N2O3. The van der Waals surface area contributed by atoms with Gasteiger partial charge in [-0.05, 0) is 32.4 Å². The van der Waals surface area contributed by atoms with Crippen molar-refractivity contribution in [2.45, 2.75) is 26.3 Å². The molecule has 0 saturated carbocycles. The number of anilines is 1. The first kappa shape index (κ1) is 13.7. The molecule has 0 aliphatic carbocycles. The molecule has 0 spiro atoms. The molecule has 5 heteroatoms. The third-order valence-corrected chi connectivity index (χ3v) is 3.09. The Morgan fingerprint density at radius 2 is 1.95 bits per heavy atom. The maximum atomic E-state index is 11.9. The Labute approximate surface area is 113 Å². The van der Waals surface area contributed by atoms with Gasteiger partial charge >= 0.3 is 0 Å². The van der Waals surface area contributed by atoms with E-state index in [1.54, 1.807) is 4.90 Å². The van der Waals surface area contributed by atoms with Crippen LogP contribution < -0.4 is 20.1 Å². The summed E-state index contributed by atoms with van der Waals surface area (Å²) in [5.41, 5.74) is 6.54. The number of hydrogen-bond acceptors (Lipinski definition) is 4. The second kappa shape index (κ2) is 5.93. The molecule has 0 bridgehead atoms. The van der Waals surface area contributed by atoms with Crippen molar-refractivity contribution < 1.29 is 14.3 Å². The standard InChI is InChI=1S/C14H20N2O3/c1-3-18-12-6-5-10(9-13(12)19-4-2)16-8-7-11(15)14(16)17/h5-6,9,11H,3-4,7-8,15H2,1-2H3. The molecular weight excluding hydrogens is 244 g/mol. The number of nitrogens with zero attached hydrogens (tertiary/aromatic N) is 1. The fourth-order valence-corrected chi connectivity index (χ4v) is 2.17. The fraction of sp³-hybridized carbons (Fsp3) is 0.500. The number of hydrogen-bond donors (Lipinski definition) is 1.